The molecule has 0 aliphatic rings. The standard InChI is InChI=1S/C12H11N3O2/c16-12(17)10-6-7-14-15-11(10)13-8-9-4-2-1-3-5-9/h1-7H,8H2,(H,13,15)(H,16,17). The SMILES string of the molecule is O=C(O)c1ccnnc1NCc1ccccc1. The summed E-state index contributed by atoms with van der Waals surface area (Å²) in [5.74, 6) is -0.737. The van der Waals surface area contributed by atoms with E-state index in [-0.39, 0.29) is 11.4 Å². The van der Waals surface area contributed by atoms with Crippen LogP contribution in [0.25, 0.3) is 0 Å². The molecule has 5 heteroatoms. The molecule has 0 atom stereocenters. The summed E-state index contributed by atoms with van der Waals surface area (Å²) in [6.45, 7) is 0.514. The minimum absolute atomic E-state index is 0.121. The highest BCUT2D eigenvalue weighted by atomic mass is 16.4. The molecule has 0 radical (unpaired) electrons. The number of aromatic carboxylic acids is 1. The zero-order valence-corrected chi connectivity index (χ0v) is 9.00. The van der Waals surface area contributed by atoms with Crippen molar-refractivity contribution in [3.8, 4) is 0 Å². The fraction of sp³-hybridized carbons (Fsp3) is 0.0833. The molecule has 1 aromatic heterocycles. The number of hydrogen-bond donors (Lipinski definition) is 2. The Morgan fingerprint density at radius 1 is 1.24 bits per heavy atom. The van der Waals surface area contributed by atoms with E-state index in [4.69, 9.17) is 5.11 Å². The normalized spacial score (nSPS) is 9.88. The Labute approximate surface area is 98.1 Å². The third kappa shape index (κ3) is 2.78. The Morgan fingerprint density at radius 3 is 2.71 bits per heavy atom. The van der Waals surface area contributed by atoms with Crippen LogP contribution in [0.15, 0.2) is 42.6 Å². The Balaban J connectivity index is 2.12. The van der Waals surface area contributed by atoms with Gasteiger partial charge >= 0.3 is 5.97 Å². The fourth-order valence-corrected chi connectivity index (χ4v) is 1.42. The number of rotatable bonds is 4. The largest absolute Gasteiger partial charge is 0.478 e. The van der Waals surface area contributed by atoms with Gasteiger partial charge in [-0.15, -0.1) is 5.10 Å². The number of anilines is 1. The molecular formula is C12H11N3O2. The Bertz CT molecular complexity index is 514. The van der Waals surface area contributed by atoms with Gasteiger partial charge in [0.15, 0.2) is 5.82 Å². The molecule has 2 aromatic rings. The minimum atomic E-state index is -1.02. The van der Waals surface area contributed by atoms with E-state index in [9.17, 15) is 4.79 Å². The van der Waals surface area contributed by atoms with Crippen LogP contribution in [0.2, 0.25) is 0 Å². The summed E-state index contributed by atoms with van der Waals surface area (Å²) in [5, 5.41) is 19.3. The van der Waals surface area contributed by atoms with E-state index in [1.165, 1.54) is 12.3 Å². The van der Waals surface area contributed by atoms with Gasteiger partial charge in [0, 0.05) is 6.54 Å². The molecule has 1 heterocycles. The summed E-state index contributed by atoms with van der Waals surface area (Å²) < 4.78 is 0. The molecule has 0 spiro atoms. The predicted molar refractivity (Wildman–Crippen MR) is 62.8 cm³/mol. The van der Waals surface area contributed by atoms with Crippen LogP contribution in [0.1, 0.15) is 15.9 Å². The smallest absolute Gasteiger partial charge is 0.339 e. The molecule has 0 aliphatic carbocycles. The molecule has 0 unspecified atom stereocenters. The average Bonchev–Trinajstić information content (AvgIpc) is 2.38. The molecule has 17 heavy (non-hydrogen) atoms. The van der Waals surface area contributed by atoms with Crippen LogP contribution >= 0.6 is 0 Å². The van der Waals surface area contributed by atoms with Crippen LogP contribution in [0.4, 0.5) is 5.82 Å². The minimum Gasteiger partial charge on any atom is -0.478 e. The van der Waals surface area contributed by atoms with Gasteiger partial charge in [0.05, 0.1) is 6.20 Å². The zero-order valence-electron chi connectivity index (χ0n) is 9.00. The van der Waals surface area contributed by atoms with Crippen molar-refractivity contribution in [3.05, 3.63) is 53.7 Å². The van der Waals surface area contributed by atoms with Gasteiger partial charge in [0.1, 0.15) is 5.56 Å². The third-order valence-electron chi connectivity index (χ3n) is 2.25. The van der Waals surface area contributed by atoms with Crippen LogP contribution in [-0.4, -0.2) is 21.3 Å². The summed E-state index contributed by atoms with van der Waals surface area (Å²) in [4.78, 5) is 10.9. The number of carboxylic acids is 1. The van der Waals surface area contributed by atoms with Crippen molar-refractivity contribution in [2.75, 3.05) is 5.32 Å². The third-order valence-corrected chi connectivity index (χ3v) is 2.25. The first-order chi connectivity index (χ1) is 8.27. The number of nitrogens with one attached hydrogen (secondary N) is 1. The Kier molecular flexibility index (Phi) is 3.30. The first-order valence-corrected chi connectivity index (χ1v) is 5.10. The molecule has 0 fully saturated rings. The maximum absolute atomic E-state index is 10.9. The number of nitrogens with zero attached hydrogens (tertiary/aromatic N) is 2. The lowest BCUT2D eigenvalue weighted by molar-refractivity contribution is 0.0697. The quantitative estimate of drug-likeness (QED) is 0.835. The predicted octanol–water partition coefficient (Wildman–Crippen LogP) is 1.79. The summed E-state index contributed by atoms with van der Waals surface area (Å²) in [6, 6.07) is 11.1. The number of aromatic nitrogens is 2. The maximum Gasteiger partial charge on any atom is 0.339 e. The lowest BCUT2D eigenvalue weighted by Gasteiger charge is -2.07. The number of hydrogen-bond acceptors (Lipinski definition) is 4. The van der Waals surface area contributed by atoms with Gasteiger partial charge in [0.25, 0.3) is 0 Å². The van der Waals surface area contributed by atoms with E-state index in [1.807, 2.05) is 30.3 Å². The summed E-state index contributed by atoms with van der Waals surface area (Å²) in [5.41, 5.74) is 1.17. The lowest BCUT2D eigenvalue weighted by atomic mass is 10.2. The number of carboxylic acid groups (broad SMARTS) is 1. The Hall–Kier alpha value is -2.43. The van der Waals surface area contributed by atoms with Crippen molar-refractivity contribution in [2.45, 2.75) is 6.54 Å². The van der Waals surface area contributed by atoms with Crippen molar-refractivity contribution in [1.29, 1.82) is 0 Å². The first-order valence-electron chi connectivity index (χ1n) is 5.10. The molecule has 0 amide bonds. The van der Waals surface area contributed by atoms with Crippen molar-refractivity contribution in [2.24, 2.45) is 0 Å². The molecule has 0 saturated heterocycles. The van der Waals surface area contributed by atoms with Gasteiger partial charge in [-0.3, -0.25) is 0 Å². The molecule has 1 aromatic carbocycles. The van der Waals surface area contributed by atoms with Crippen molar-refractivity contribution < 1.29 is 9.90 Å². The molecule has 2 rings (SSSR count). The zero-order chi connectivity index (χ0) is 12.1. The second kappa shape index (κ2) is 5.07. The first kappa shape index (κ1) is 11.1. The molecule has 86 valence electrons. The summed E-state index contributed by atoms with van der Waals surface area (Å²) in [6.07, 6.45) is 1.36. The van der Waals surface area contributed by atoms with E-state index in [0.29, 0.717) is 6.54 Å². The highest BCUT2D eigenvalue weighted by molar-refractivity contribution is 5.92. The van der Waals surface area contributed by atoms with Crippen LogP contribution < -0.4 is 5.32 Å². The second-order valence-corrected chi connectivity index (χ2v) is 3.44. The highest BCUT2D eigenvalue weighted by Crippen LogP contribution is 2.11. The fourth-order valence-electron chi connectivity index (χ4n) is 1.42. The van der Waals surface area contributed by atoms with Crippen molar-refractivity contribution in [3.63, 3.8) is 0 Å². The van der Waals surface area contributed by atoms with Gasteiger partial charge in [-0.2, -0.15) is 5.10 Å². The summed E-state index contributed by atoms with van der Waals surface area (Å²) in [7, 11) is 0. The van der Waals surface area contributed by atoms with Crippen molar-refractivity contribution >= 4 is 11.8 Å². The average molecular weight is 229 g/mol. The Morgan fingerprint density at radius 2 is 2.00 bits per heavy atom. The lowest BCUT2D eigenvalue weighted by Crippen LogP contribution is -2.08. The topological polar surface area (TPSA) is 75.1 Å². The molecule has 0 aliphatic heterocycles. The van der Waals surface area contributed by atoms with E-state index < -0.39 is 5.97 Å². The molecule has 2 N–H and O–H groups in total. The van der Waals surface area contributed by atoms with Crippen LogP contribution in [-0.2, 0) is 6.54 Å². The maximum atomic E-state index is 10.9. The number of carbonyl (C=O) groups is 1. The van der Waals surface area contributed by atoms with Crippen LogP contribution in [0.3, 0.4) is 0 Å². The van der Waals surface area contributed by atoms with Gasteiger partial charge in [-0.1, -0.05) is 30.3 Å². The molecular weight excluding hydrogens is 218 g/mol. The highest BCUT2D eigenvalue weighted by Gasteiger charge is 2.10. The van der Waals surface area contributed by atoms with E-state index in [2.05, 4.69) is 15.5 Å². The number of benzene rings is 1. The summed E-state index contributed by atoms with van der Waals surface area (Å²) >= 11 is 0. The second-order valence-electron chi connectivity index (χ2n) is 3.44. The van der Waals surface area contributed by atoms with Gasteiger partial charge in [-0.25, -0.2) is 4.79 Å². The molecule has 0 saturated carbocycles. The molecule has 5 nitrogen and oxygen atoms in total. The van der Waals surface area contributed by atoms with E-state index in [1.54, 1.807) is 0 Å². The van der Waals surface area contributed by atoms with Crippen LogP contribution in [0, 0.1) is 0 Å². The van der Waals surface area contributed by atoms with Gasteiger partial charge in [0.2, 0.25) is 0 Å². The van der Waals surface area contributed by atoms with Crippen LogP contribution in [0.5, 0.6) is 0 Å². The van der Waals surface area contributed by atoms with E-state index in [0.717, 1.165) is 5.56 Å². The van der Waals surface area contributed by atoms with Gasteiger partial charge < -0.3 is 10.4 Å². The van der Waals surface area contributed by atoms with E-state index >= 15 is 0 Å². The monoisotopic (exact) mass is 229 g/mol. The van der Waals surface area contributed by atoms with Crippen molar-refractivity contribution in [1.82, 2.24) is 10.2 Å². The van der Waals surface area contributed by atoms with Gasteiger partial charge in [-0.05, 0) is 11.6 Å². The molecule has 0 bridgehead atoms.